The third kappa shape index (κ3) is 2.13. The van der Waals surface area contributed by atoms with E-state index in [0.29, 0.717) is 5.75 Å². The molecule has 0 saturated heterocycles. The summed E-state index contributed by atoms with van der Waals surface area (Å²) in [5, 5.41) is 9.21. The van der Waals surface area contributed by atoms with Crippen LogP contribution < -0.4 is 9.47 Å². The van der Waals surface area contributed by atoms with Gasteiger partial charge >= 0.3 is 0 Å². The lowest BCUT2D eigenvalue weighted by Gasteiger charge is -2.13. The van der Waals surface area contributed by atoms with E-state index in [1.165, 1.54) is 18.2 Å². The third-order valence-electron chi connectivity index (χ3n) is 3.29. The average Bonchev–Trinajstić information content (AvgIpc) is 2.97. The predicted octanol–water partition coefficient (Wildman–Crippen LogP) is 3.63. The lowest BCUT2D eigenvalue weighted by molar-refractivity contribution is 0.174. The minimum atomic E-state index is -1.59. The van der Waals surface area contributed by atoms with Crippen LogP contribution in [0.5, 0.6) is 11.5 Å². The van der Waals surface area contributed by atoms with Gasteiger partial charge in [0.15, 0.2) is 34.8 Å². The van der Waals surface area contributed by atoms with Gasteiger partial charge in [-0.3, -0.25) is 0 Å². The average molecular weight is 309 g/mol. The Kier molecular flexibility index (Phi) is 3.37. The highest BCUT2D eigenvalue weighted by atomic mass is 19.2. The zero-order valence-electron chi connectivity index (χ0n) is 10.9. The first-order chi connectivity index (χ1) is 10.5. The van der Waals surface area contributed by atoms with Gasteiger partial charge in [-0.25, -0.2) is 17.6 Å². The van der Waals surface area contributed by atoms with Gasteiger partial charge in [-0.2, -0.15) is 5.26 Å². The number of hydrogen-bond acceptors (Lipinski definition) is 3. The summed E-state index contributed by atoms with van der Waals surface area (Å²) < 4.78 is 64.5. The Hall–Kier alpha value is -2.75. The van der Waals surface area contributed by atoms with E-state index in [-0.39, 0.29) is 24.2 Å². The van der Waals surface area contributed by atoms with E-state index < -0.39 is 34.8 Å². The molecule has 0 amide bonds. The van der Waals surface area contributed by atoms with Crippen LogP contribution in [0, 0.1) is 34.6 Å². The maximum atomic E-state index is 13.9. The van der Waals surface area contributed by atoms with Gasteiger partial charge in [0.2, 0.25) is 6.79 Å². The van der Waals surface area contributed by atoms with Crippen LogP contribution in [0.1, 0.15) is 17.0 Å². The van der Waals surface area contributed by atoms with Crippen molar-refractivity contribution in [3.63, 3.8) is 0 Å². The fraction of sp³-hybridized carbons (Fsp3) is 0.133. The largest absolute Gasteiger partial charge is 0.454 e. The van der Waals surface area contributed by atoms with E-state index in [9.17, 15) is 22.8 Å². The smallest absolute Gasteiger partial charge is 0.231 e. The Labute approximate surface area is 122 Å². The number of hydrogen-bond donors (Lipinski definition) is 0. The van der Waals surface area contributed by atoms with E-state index in [1.54, 1.807) is 6.07 Å². The summed E-state index contributed by atoms with van der Waals surface area (Å²) in [6.45, 7) is -0.0205. The molecule has 3 nitrogen and oxygen atoms in total. The standard InChI is InChI=1S/C15H7F4NO2/c16-9-4-10(17)15(19)13(14(9)18)8(5-20)7-1-2-11-12(3-7)22-6-21-11/h1-4,8H,6H2. The van der Waals surface area contributed by atoms with E-state index >= 15 is 0 Å². The molecule has 1 unspecified atom stereocenters. The number of ether oxygens (including phenoxy) is 2. The molecule has 7 heteroatoms. The van der Waals surface area contributed by atoms with Gasteiger partial charge in [0.25, 0.3) is 0 Å². The minimum Gasteiger partial charge on any atom is -0.454 e. The number of nitrogens with zero attached hydrogens (tertiary/aromatic N) is 1. The molecule has 1 aliphatic heterocycles. The Morgan fingerprint density at radius 2 is 1.59 bits per heavy atom. The lowest BCUT2D eigenvalue weighted by Crippen LogP contribution is -2.09. The van der Waals surface area contributed by atoms with Gasteiger partial charge in [-0.05, 0) is 17.7 Å². The maximum Gasteiger partial charge on any atom is 0.231 e. The zero-order valence-corrected chi connectivity index (χ0v) is 10.9. The topological polar surface area (TPSA) is 42.2 Å². The Balaban J connectivity index is 2.16. The van der Waals surface area contributed by atoms with Gasteiger partial charge in [0, 0.05) is 6.07 Å². The van der Waals surface area contributed by atoms with Crippen molar-refractivity contribution in [2.75, 3.05) is 6.79 Å². The van der Waals surface area contributed by atoms with Crippen molar-refractivity contribution in [2.45, 2.75) is 5.92 Å². The Bertz CT molecular complexity index is 775. The molecule has 112 valence electrons. The van der Waals surface area contributed by atoms with Gasteiger partial charge in [0.1, 0.15) is 5.92 Å². The molecule has 0 spiro atoms. The Morgan fingerprint density at radius 3 is 2.23 bits per heavy atom. The highest BCUT2D eigenvalue weighted by Crippen LogP contribution is 2.38. The molecule has 2 aromatic carbocycles. The summed E-state index contributed by atoms with van der Waals surface area (Å²) in [7, 11) is 0. The number of fused-ring (bicyclic) bond motifs is 1. The van der Waals surface area contributed by atoms with Crippen LogP contribution >= 0.6 is 0 Å². The molecule has 2 aromatic rings. The van der Waals surface area contributed by atoms with Crippen LogP contribution in [-0.4, -0.2) is 6.79 Å². The van der Waals surface area contributed by atoms with Crippen LogP contribution in [-0.2, 0) is 0 Å². The summed E-state index contributed by atoms with van der Waals surface area (Å²) in [6.07, 6.45) is 0. The van der Waals surface area contributed by atoms with Crippen molar-refractivity contribution in [3.05, 3.63) is 58.7 Å². The number of benzene rings is 2. The second-order valence-electron chi connectivity index (χ2n) is 4.56. The number of nitriles is 1. The van der Waals surface area contributed by atoms with Crippen molar-refractivity contribution in [1.29, 1.82) is 5.26 Å². The second-order valence-corrected chi connectivity index (χ2v) is 4.56. The van der Waals surface area contributed by atoms with Crippen LogP contribution in [0.4, 0.5) is 17.6 Å². The SMILES string of the molecule is N#CC(c1ccc2c(c1)OCO2)c1c(F)c(F)cc(F)c1F. The molecule has 0 N–H and O–H groups in total. The number of halogens is 4. The molecule has 1 atom stereocenters. The normalized spacial score (nSPS) is 13.8. The first-order valence-electron chi connectivity index (χ1n) is 6.15. The van der Waals surface area contributed by atoms with Crippen molar-refractivity contribution >= 4 is 0 Å². The quantitative estimate of drug-likeness (QED) is 0.628. The molecule has 3 rings (SSSR count). The van der Waals surface area contributed by atoms with Crippen LogP contribution in [0.2, 0.25) is 0 Å². The van der Waals surface area contributed by atoms with E-state index in [2.05, 4.69) is 0 Å². The molecule has 0 aromatic heterocycles. The van der Waals surface area contributed by atoms with E-state index in [0.717, 1.165) is 0 Å². The molecule has 0 radical (unpaired) electrons. The van der Waals surface area contributed by atoms with E-state index in [4.69, 9.17) is 9.47 Å². The first kappa shape index (κ1) is 14.2. The van der Waals surface area contributed by atoms with Crippen molar-refractivity contribution < 1.29 is 27.0 Å². The predicted molar refractivity (Wildman–Crippen MR) is 66.3 cm³/mol. The van der Waals surface area contributed by atoms with Gasteiger partial charge < -0.3 is 9.47 Å². The van der Waals surface area contributed by atoms with Crippen molar-refractivity contribution in [2.24, 2.45) is 0 Å². The van der Waals surface area contributed by atoms with Crippen LogP contribution in [0.25, 0.3) is 0 Å². The fourth-order valence-electron chi connectivity index (χ4n) is 2.24. The third-order valence-corrected chi connectivity index (χ3v) is 3.29. The summed E-state index contributed by atoms with van der Waals surface area (Å²) in [5.74, 6) is -7.14. The first-order valence-corrected chi connectivity index (χ1v) is 6.15. The Morgan fingerprint density at radius 1 is 0.955 bits per heavy atom. The minimum absolute atomic E-state index is 0.0205. The molecule has 0 saturated carbocycles. The summed E-state index contributed by atoms with van der Waals surface area (Å²) in [4.78, 5) is 0. The molecular weight excluding hydrogens is 302 g/mol. The highest BCUT2D eigenvalue weighted by molar-refractivity contribution is 5.49. The van der Waals surface area contributed by atoms with E-state index in [1.807, 2.05) is 0 Å². The zero-order chi connectivity index (χ0) is 15.9. The molecule has 1 aliphatic rings. The summed E-state index contributed by atoms with van der Waals surface area (Å²) in [5.41, 5.74) is -0.839. The van der Waals surface area contributed by atoms with Crippen LogP contribution in [0.3, 0.4) is 0 Å². The fourth-order valence-corrected chi connectivity index (χ4v) is 2.24. The molecule has 0 bridgehead atoms. The molecule has 1 heterocycles. The van der Waals surface area contributed by atoms with Gasteiger partial charge in [-0.1, -0.05) is 6.07 Å². The molecular formula is C15H7F4NO2. The lowest BCUT2D eigenvalue weighted by atomic mass is 9.91. The maximum absolute atomic E-state index is 13.9. The van der Waals surface area contributed by atoms with Gasteiger partial charge in [0.05, 0.1) is 11.6 Å². The number of rotatable bonds is 2. The molecule has 0 fully saturated rings. The van der Waals surface area contributed by atoms with Crippen LogP contribution in [0.15, 0.2) is 24.3 Å². The summed E-state index contributed by atoms with van der Waals surface area (Å²) in [6, 6.07) is 5.93. The second kappa shape index (κ2) is 5.22. The monoisotopic (exact) mass is 309 g/mol. The molecule has 22 heavy (non-hydrogen) atoms. The highest BCUT2D eigenvalue weighted by Gasteiger charge is 2.28. The van der Waals surface area contributed by atoms with Crippen molar-refractivity contribution in [3.8, 4) is 17.6 Å². The van der Waals surface area contributed by atoms with Gasteiger partial charge in [-0.15, -0.1) is 0 Å². The summed E-state index contributed by atoms with van der Waals surface area (Å²) >= 11 is 0. The van der Waals surface area contributed by atoms with Crippen molar-refractivity contribution in [1.82, 2.24) is 0 Å². The molecule has 0 aliphatic carbocycles.